The SMILES string of the molecule is CCN(CC)C(=O)c1cc(Nc2ccccc2Br)nc(C)n1. The van der Waals surface area contributed by atoms with Crippen molar-refractivity contribution in [3.05, 3.63) is 46.3 Å². The highest BCUT2D eigenvalue weighted by molar-refractivity contribution is 9.10. The Morgan fingerprint density at radius 2 is 1.91 bits per heavy atom. The van der Waals surface area contributed by atoms with Crippen LogP contribution in [0.4, 0.5) is 11.5 Å². The van der Waals surface area contributed by atoms with Crippen LogP contribution in [0.25, 0.3) is 0 Å². The molecule has 0 unspecified atom stereocenters. The number of nitrogens with zero attached hydrogens (tertiary/aromatic N) is 3. The molecule has 0 spiro atoms. The fourth-order valence-electron chi connectivity index (χ4n) is 2.11. The molecule has 0 aliphatic carbocycles. The van der Waals surface area contributed by atoms with E-state index in [-0.39, 0.29) is 5.91 Å². The summed E-state index contributed by atoms with van der Waals surface area (Å²) in [5.41, 5.74) is 1.30. The van der Waals surface area contributed by atoms with E-state index in [4.69, 9.17) is 0 Å². The molecule has 1 amide bonds. The fourth-order valence-corrected chi connectivity index (χ4v) is 2.50. The third-order valence-corrected chi connectivity index (χ3v) is 3.94. The van der Waals surface area contributed by atoms with Crippen LogP contribution in [0.1, 0.15) is 30.2 Å². The van der Waals surface area contributed by atoms with Crippen molar-refractivity contribution in [2.45, 2.75) is 20.8 Å². The highest BCUT2D eigenvalue weighted by Gasteiger charge is 2.16. The second-order valence-corrected chi connectivity index (χ2v) is 5.62. The van der Waals surface area contributed by atoms with Gasteiger partial charge in [-0.2, -0.15) is 0 Å². The van der Waals surface area contributed by atoms with Gasteiger partial charge in [0.25, 0.3) is 5.91 Å². The molecule has 1 heterocycles. The molecule has 2 rings (SSSR count). The number of para-hydroxylation sites is 1. The number of nitrogens with one attached hydrogen (secondary N) is 1. The number of halogens is 1. The summed E-state index contributed by atoms with van der Waals surface area (Å²) in [6, 6.07) is 9.44. The van der Waals surface area contributed by atoms with Crippen LogP contribution in [-0.4, -0.2) is 33.9 Å². The van der Waals surface area contributed by atoms with E-state index in [0.717, 1.165) is 10.2 Å². The van der Waals surface area contributed by atoms with Crippen LogP contribution in [0.3, 0.4) is 0 Å². The van der Waals surface area contributed by atoms with Crippen molar-refractivity contribution in [2.24, 2.45) is 0 Å². The molecule has 0 fully saturated rings. The van der Waals surface area contributed by atoms with Crippen LogP contribution in [-0.2, 0) is 0 Å². The standard InChI is InChI=1S/C16H19BrN4O/c1-4-21(5-2)16(22)14-10-15(19-11(3)18-14)20-13-9-7-6-8-12(13)17/h6-10H,4-5H2,1-3H3,(H,18,19,20). The van der Waals surface area contributed by atoms with Crippen molar-refractivity contribution < 1.29 is 4.79 Å². The largest absolute Gasteiger partial charge is 0.339 e. The van der Waals surface area contributed by atoms with Crippen molar-refractivity contribution >= 4 is 33.3 Å². The lowest BCUT2D eigenvalue weighted by Crippen LogP contribution is -2.31. The second-order valence-electron chi connectivity index (χ2n) is 4.77. The van der Waals surface area contributed by atoms with E-state index in [1.165, 1.54) is 0 Å². The van der Waals surface area contributed by atoms with Gasteiger partial charge >= 0.3 is 0 Å². The summed E-state index contributed by atoms with van der Waals surface area (Å²) < 4.78 is 0.933. The Morgan fingerprint density at radius 3 is 2.55 bits per heavy atom. The monoisotopic (exact) mass is 362 g/mol. The molecular formula is C16H19BrN4O. The van der Waals surface area contributed by atoms with Crippen molar-refractivity contribution in [1.82, 2.24) is 14.9 Å². The van der Waals surface area contributed by atoms with Crippen molar-refractivity contribution in [1.29, 1.82) is 0 Å². The number of carbonyl (C=O) groups excluding carboxylic acids is 1. The van der Waals surface area contributed by atoms with Gasteiger partial charge in [-0.1, -0.05) is 12.1 Å². The second kappa shape index (κ2) is 7.35. The highest BCUT2D eigenvalue weighted by Crippen LogP contribution is 2.24. The zero-order valence-corrected chi connectivity index (χ0v) is 14.5. The molecule has 5 nitrogen and oxygen atoms in total. The minimum atomic E-state index is -0.0781. The van der Waals surface area contributed by atoms with Crippen LogP contribution in [0.15, 0.2) is 34.8 Å². The lowest BCUT2D eigenvalue weighted by atomic mass is 10.3. The molecule has 0 atom stereocenters. The molecule has 1 aromatic heterocycles. The maximum atomic E-state index is 12.4. The van der Waals surface area contributed by atoms with Crippen LogP contribution in [0, 0.1) is 6.92 Å². The number of rotatable bonds is 5. The Morgan fingerprint density at radius 1 is 1.23 bits per heavy atom. The third-order valence-electron chi connectivity index (χ3n) is 3.24. The van der Waals surface area contributed by atoms with Gasteiger partial charge in [-0.05, 0) is 48.8 Å². The Hall–Kier alpha value is -1.95. The predicted molar refractivity (Wildman–Crippen MR) is 91.4 cm³/mol. The van der Waals surface area contributed by atoms with Crippen LogP contribution < -0.4 is 5.32 Å². The maximum Gasteiger partial charge on any atom is 0.272 e. The van der Waals surface area contributed by atoms with E-state index in [9.17, 15) is 4.79 Å². The fraction of sp³-hybridized carbons (Fsp3) is 0.312. The summed E-state index contributed by atoms with van der Waals surface area (Å²) in [7, 11) is 0. The molecular weight excluding hydrogens is 344 g/mol. The Balaban J connectivity index is 2.31. The van der Waals surface area contributed by atoms with Gasteiger partial charge in [0, 0.05) is 23.6 Å². The van der Waals surface area contributed by atoms with Gasteiger partial charge in [-0.15, -0.1) is 0 Å². The first-order valence-corrected chi connectivity index (χ1v) is 8.01. The number of aryl methyl sites for hydroxylation is 1. The molecule has 116 valence electrons. The Bertz CT molecular complexity index is 671. The number of benzene rings is 1. The van der Waals surface area contributed by atoms with E-state index in [1.54, 1.807) is 17.9 Å². The minimum absolute atomic E-state index is 0.0781. The van der Waals surface area contributed by atoms with Gasteiger partial charge in [0.2, 0.25) is 0 Å². The summed E-state index contributed by atoms with van der Waals surface area (Å²) in [4.78, 5) is 22.8. The van der Waals surface area contributed by atoms with Crippen LogP contribution >= 0.6 is 15.9 Å². The molecule has 0 aliphatic rings. The normalized spacial score (nSPS) is 10.4. The Labute approximate surface area is 138 Å². The first-order chi connectivity index (χ1) is 10.5. The molecule has 0 saturated carbocycles. The molecule has 0 saturated heterocycles. The van der Waals surface area contributed by atoms with Crippen molar-refractivity contribution in [3.8, 4) is 0 Å². The summed E-state index contributed by atoms with van der Waals surface area (Å²) in [5, 5.41) is 3.21. The van der Waals surface area contributed by atoms with E-state index in [1.807, 2.05) is 38.1 Å². The van der Waals surface area contributed by atoms with Gasteiger partial charge in [-0.25, -0.2) is 9.97 Å². The van der Waals surface area contributed by atoms with E-state index >= 15 is 0 Å². The Kier molecular flexibility index (Phi) is 5.49. The van der Waals surface area contributed by atoms with Gasteiger partial charge in [0.05, 0.1) is 5.69 Å². The van der Waals surface area contributed by atoms with E-state index in [2.05, 4.69) is 31.2 Å². The molecule has 0 bridgehead atoms. The van der Waals surface area contributed by atoms with Gasteiger partial charge in [0.1, 0.15) is 17.3 Å². The summed E-state index contributed by atoms with van der Waals surface area (Å²) in [6.07, 6.45) is 0. The molecule has 0 aliphatic heterocycles. The predicted octanol–water partition coefficient (Wildman–Crippen LogP) is 3.77. The smallest absolute Gasteiger partial charge is 0.272 e. The maximum absolute atomic E-state index is 12.4. The lowest BCUT2D eigenvalue weighted by Gasteiger charge is -2.18. The average molecular weight is 363 g/mol. The summed E-state index contributed by atoms with van der Waals surface area (Å²) in [5.74, 6) is 1.09. The van der Waals surface area contributed by atoms with Crippen molar-refractivity contribution in [3.63, 3.8) is 0 Å². The molecule has 0 radical (unpaired) electrons. The topological polar surface area (TPSA) is 58.1 Å². The van der Waals surface area contributed by atoms with Crippen molar-refractivity contribution in [2.75, 3.05) is 18.4 Å². The molecule has 22 heavy (non-hydrogen) atoms. The van der Waals surface area contributed by atoms with E-state index < -0.39 is 0 Å². The number of carbonyl (C=O) groups is 1. The highest BCUT2D eigenvalue weighted by atomic mass is 79.9. The zero-order chi connectivity index (χ0) is 16.1. The third kappa shape index (κ3) is 3.82. The minimum Gasteiger partial charge on any atom is -0.339 e. The van der Waals surface area contributed by atoms with Crippen LogP contribution in [0.5, 0.6) is 0 Å². The molecule has 1 aromatic carbocycles. The number of aromatic nitrogens is 2. The number of hydrogen-bond acceptors (Lipinski definition) is 4. The molecule has 6 heteroatoms. The summed E-state index contributed by atoms with van der Waals surface area (Å²) >= 11 is 3.48. The first kappa shape index (κ1) is 16.4. The number of amides is 1. The van der Waals surface area contributed by atoms with Gasteiger partial charge in [-0.3, -0.25) is 4.79 Å². The average Bonchev–Trinajstić information content (AvgIpc) is 2.50. The zero-order valence-electron chi connectivity index (χ0n) is 12.9. The molecule has 1 N–H and O–H groups in total. The van der Waals surface area contributed by atoms with Gasteiger partial charge < -0.3 is 10.2 Å². The lowest BCUT2D eigenvalue weighted by molar-refractivity contribution is 0.0766. The number of hydrogen-bond donors (Lipinski definition) is 1. The number of anilines is 2. The summed E-state index contributed by atoms with van der Waals surface area (Å²) in [6.45, 7) is 7.01. The van der Waals surface area contributed by atoms with Crippen LogP contribution in [0.2, 0.25) is 0 Å². The quantitative estimate of drug-likeness (QED) is 0.879. The van der Waals surface area contributed by atoms with E-state index in [0.29, 0.717) is 30.4 Å². The molecule has 2 aromatic rings. The first-order valence-electron chi connectivity index (χ1n) is 7.21. The van der Waals surface area contributed by atoms with Gasteiger partial charge in [0.15, 0.2) is 0 Å².